The van der Waals surface area contributed by atoms with Crippen LogP contribution in [0.1, 0.15) is 57.8 Å². The van der Waals surface area contributed by atoms with Crippen LogP contribution in [0.3, 0.4) is 0 Å². The van der Waals surface area contributed by atoms with E-state index in [0.717, 1.165) is 37.8 Å². The lowest BCUT2D eigenvalue weighted by molar-refractivity contribution is -0.142. The molecule has 0 aromatic heterocycles. The Morgan fingerprint density at radius 3 is 2.70 bits per heavy atom. The lowest BCUT2D eigenvalue weighted by Gasteiger charge is -2.48. The zero-order valence-electron chi connectivity index (χ0n) is 17.8. The Kier molecular flexibility index (Phi) is 6.30. The Hall–Kier alpha value is -2.50. The number of nitrogens with one attached hydrogen (secondary N) is 1. The van der Waals surface area contributed by atoms with Gasteiger partial charge in [0, 0.05) is 18.2 Å². The molecule has 1 saturated heterocycles. The standard InChI is InChI=1S/C24H32N2O4/c1-29-19-10-4-5-11-20(19)30-17-16-25-23(28)24-14-7-6-12-21(24)26(22(27)13-15-24)18-8-2-3-9-18/h4-5,10-12,18H,2-3,6-9,13-17H2,1H3,(H,25,28). The predicted molar refractivity (Wildman–Crippen MR) is 114 cm³/mol. The van der Waals surface area contributed by atoms with Gasteiger partial charge in [-0.1, -0.05) is 31.1 Å². The van der Waals surface area contributed by atoms with Crippen molar-refractivity contribution in [2.75, 3.05) is 20.3 Å². The normalized spacial score (nSPS) is 24.2. The molecule has 162 valence electrons. The van der Waals surface area contributed by atoms with Crippen LogP contribution < -0.4 is 14.8 Å². The second-order valence-corrected chi connectivity index (χ2v) is 8.52. The van der Waals surface area contributed by atoms with Gasteiger partial charge in [-0.25, -0.2) is 0 Å². The third kappa shape index (κ3) is 3.92. The number of ether oxygens (including phenoxy) is 2. The molecule has 1 aromatic carbocycles. The van der Waals surface area contributed by atoms with E-state index in [1.54, 1.807) is 7.11 Å². The van der Waals surface area contributed by atoms with Crippen LogP contribution in [0.5, 0.6) is 11.5 Å². The molecule has 1 atom stereocenters. The molecule has 3 aliphatic rings. The highest BCUT2D eigenvalue weighted by Gasteiger charge is 2.51. The highest BCUT2D eigenvalue weighted by molar-refractivity contribution is 5.91. The number of methoxy groups -OCH3 is 1. The number of hydrogen-bond donors (Lipinski definition) is 1. The molecular weight excluding hydrogens is 380 g/mol. The fourth-order valence-corrected chi connectivity index (χ4v) is 5.26. The summed E-state index contributed by atoms with van der Waals surface area (Å²) in [6.07, 6.45) is 10.4. The van der Waals surface area contributed by atoms with Gasteiger partial charge in [0.1, 0.15) is 6.61 Å². The monoisotopic (exact) mass is 412 g/mol. The first-order valence-electron chi connectivity index (χ1n) is 11.2. The van der Waals surface area contributed by atoms with Crippen LogP contribution in [0.25, 0.3) is 0 Å². The van der Waals surface area contributed by atoms with E-state index in [1.807, 2.05) is 29.2 Å². The van der Waals surface area contributed by atoms with Crippen molar-refractivity contribution in [2.45, 2.75) is 63.8 Å². The zero-order valence-corrected chi connectivity index (χ0v) is 17.8. The number of para-hydroxylation sites is 2. The SMILES string of the molecule is COc1ccccc1OCCNC(=O)C12CCCC=C1N(C1CCCC1)C(=O)CC2. The first kappa shape index (κ1) is 20.8. The maximum Gasteiger partial charge on any atom is 0.232 e. The van der Waals surface area contributed by atoms with Gasteiger partial charge in [-0.05, 0) is 50.7 Å². The molecule has 4 rings (SSSR count). The van der Waals surface area contributed by atoms with E-state index in [0.29, 0.717) is 37.5 Å². The molecule has 2 aliphatic carbocycles. The summed E-state index contributed by atoms with van der Waals surface area (Å²) in [6, 6.07) is 7.76. The summed E-state index contributed by atoms with van der Waals surface area (Å²) in [6.45, 7) is 0.787. The third-order valence-corrected chi connectivity index (χ3v) is 6.77. The van der Waals surface area contributed by atoms with Crippen LogP contribution in [-0.4, -0.2) is 43.0 Å². The summed E-state index contributed by atoms with van der Waals surface area (Å²) in [4.78, 5) is 28.2. The first-order valence-corrected chi connectivity index (χ1v) is 11.2. The van der Waals surface area contributed by atoms with Crippen molar-refractivity contribution in [3.8, 4) is 11.5 Å². The van der Waals surface area contributed by atoms with Crippen LogP contribution in [0.15, 0.2) is 36.0 Å². The molecule has 0 radical (unpaired) electrons. The number of carbonyl (C=O) groups excluding carboxylic acids is 2. The highest BCUT2D eigenvalue weighted by Crippen LogP contribution is 2.48. The number of amides is 2. The van der Waals surface area contributed by atoms with E-state index in [4.69, 9.17) is 9.47 Å². The number of nitrogens with zero attached hydrogens (tertiary/aromatic N) is 1. The van der Waals surface area contributed by atoms with Gasteiger partial charge in [-0.2, -0.15) is 0 Å². The second-order valence-electron chi connectivity index (χ2n) is 8.52. The average Bonchev–Trinajstić information content (AvgIpc) is 3.31. The van der Waals surface area contributed by atoms with Crippen molar-refractivity contribution in [3.63, 3.8) is 0 Å². The molecule has 2 fully saturated rings. The fraction of sp³-hybridized carbons (Fsp3) is 0.583. The summed E-state index contributed by atoms with van der Waals surface area (Å²) in [5, 5.41) is 3.09. The summed E-state index contributed by atoms with van der Waals surface area (Å²) >= 11 is 0. The molecule has 6 heteroatoms. The van der Waals surface area contributed by atoms with Crippen LogP contribution in [0.4, 0.5) is 0 Å². The molecule has 0 bridgehead atoms. The lowest BCUT2D eigenvalue weighted by Crippen LogP contribution is -2.55. The number of rotatable bonds is 7. The number of allylic oxidation sites excluding steroid dienone is 1. The van der Waals surface area contributed by atoms with Crippen LogP contribution in [-0.2, 0) is 9.59 Å². The number of piperidine rings is 1. The van der Waals surface area contributed by atoms with Gasteiger partial charge in [0.05, 0.1) is 19.1 Å². The zero-order chi connectivity index (χ0) is 21.0. The Morgan fingerprint density at radius 1 is 1.17 bits per heavy atom. The molecule has 0 spiro atoms. The summed E-state index contributed by atoms with van der Waals surface area (Å²) in [7, 11) is 1.61. The number of benzene rings is 1. The molecule has 1 aromatic rings. The molecule has 30 heavy (non-hydrogen) atoms. The van der Waals surface area contributed by atoms with E-state index in [9.17, 15) is 9.59 Å². The largest absolute Gasteiger partial charge is 0.493 e. The van der Waals surface area contributed by atoms with Gasteiger partial charge in [0.25, 0.3) is 0 Å². The molecule has 1 heterocycles. The highest BCUT2D eigenvalue weighted by atomic mass is 16.5. The number of carbonyl (C=O) groups is 2. The number of fused-ring (bicyclic) bond motifs is 1. The minimum Gasteiger partial charge on any atom is -0.493 e. The van der Waals surface area contributed by atoms with Crippen molar-refractivity contribution in [1.82, 2.24) is 10.2 Å². The maximum absolute atomic E-state index is 13.4. The summed E-state index contributed by atoms with van der Waals surface area (Å²) in [5.41, 5.74) is 0.402. The molecule has 2 amide bonds. The Labute approximate surface area is 178 Å². The van der Waals surface area contributed by atoms with Gasteiger partial charge in [-0.15, -0.1) is 0 Å². The van der Waals surface area contributed by atoms with Crippen molar-refractivity contribution in [2.24, 2.45) is 5.41 Å². The Bertz CT molecular complexity index is 815. The van der Waals surface area contributed by atoms with Crippen molar-refractivity contribution >= 4 is 11.8 Å². The molecule has 1 aliphatic heterocycles. The van der Waals surface area contributed by atoms with Gasteiger partial charge in [0.15, 0.2) is 11.5 Å². The van der Waals surface area contributed by atoms with Crippen LogP contribution in [0, 0.1) is 5.41 Å². The second kappa shape index (κ2) is 9.11. The lowest BCUT2D eigenvalue weighted by atomic mass is 9.68. The van der Waals surface area contributed by atoms with E-state index in [-0.39, 0.29) is 17.9 Å². The van der Waals surface area contributed by atoms with Gasteiger partial charge < -0.3 is 19.7 Å². The topological polar surface area (TPSA) is 67.9 Å². The Morgan fingerprint density at radius 2 is 1.93 bits per heavy atom. The molecule has 1 unspecified atom stereocenters. The quantitative estimate of drug-likeness (QED) is 0.692. The van der Waals surface area contributed by atoms with Crippen molar-refractivity contribution < 1.29 is 19.1 Å². The van der Waals surface area contributed by atoms with E-state index in [1.165, 1.54) is 12.8 Å². The first-order chi connectivity index (χ1) is 14.7. The Balaban J connectivity index is 1.42. The average molecular weight is 413 g/mol. The van der Waals surface area contributed by atoms with Gasteiger partial charge in [-0.3, -0.25) is 9.59 Å². The van der Waals surface area contributed by atoms with Gasteiger partial charge in [0.2, 0.25) is 11.8 Å². The minimum absolute atomic E-state index is 0.0348. The van der Waals surface area contributed by atoms with Crippen molar-refractivity contribution in [1.29, 1.82) is 0 Å². The third-order valence-electron chi connectivity index (χ3n) is 6.77. The molecule has 6 nitrogen and oxygen atoms in total. The summed E-state index contributed by atoms with van der Waals surface area (Å²) in [5.74, 6) is 1.57. The molecule has 1 N–H and O–H groups in total. The summed E-state index contributed by atoms with van der Waals surface area (Å²) < 4.78 is 11.1. The van der Waals surface area contributed by atoms with Crippen LogP contribution in [0.2, 0.25) is 0 Å². The predicted octanol–water partition coefficient (Wildman–Crippen LogP) is 3.81. The number of hydrogen-bond acceptors (Lipinski definition) is 4. The van der Waals surface area contributed by atoms with Crippen LogP contribution >= 0.6 is 0 Å². The minimum atomic E-state index is -0.570. The maximum atomic E-state index is 13.4. The van der Waals surface area contributed by atoms with E-state index in [2.05, 4.69) is 11.4 Å². The van der Waals surface area contributed by atoms with Crippen molar-refractivity contribution in [3.05, 3.63) is 36.0 Å². The van der Waals surface area contributed by atoms with E-state index >= 15 is 0 Å². The smallest absolute Gasteiger partial charge is 0.232 e. The van der Waals surface area contributed by atoms with E-state index < -0.39 is 5.41 Å². The molecular formula is C24H32N2O4. The van der Waals surface area contributed by atoms with Gasteiger partial charge >= 0.3 is 0 Å². The fourth-order valence-electron chi connectivity index (χ4n) is 5.26. The molecule has 1 saturated carbocycles. The number of likely N-dealkylation sites (tertiary alicyclic amines) is 1.